The Kier molecular flexibility index (Phi) is 7.63. The maximum Gasteiger partial charge on any atom is 0.322 e. The number of hydrogen-bond donors (Lipinski definition) is 2. The molecule has 0 radical (unpaired) electrons. The van der Waals surface area contributed by atoms with E-state index in [0.717, 1.165) is 25.8 Å². The van der Waals surface area contributed by atoms with E-state index in [4.69, 9.17) is 0 Å². The molecule has 1 unspecified atom stereocenters. The second kappa shape index (κ2) is 8.01. The van der Waals surface area contributed by atoms with Crippen molar-refractivity contribution in [2.24, 2.45) is 0 Å². The predicted octanol–water partition coefficient (Wildman–Crippen LogP) is 0.137. The van der Waals surface area contributed by atoms with Gasteiger partial charge in [0.1, 0.15) is 6.04 Å². The van der Waals surface area contributed by atoms with E-state index < -0.39 is 0 Å². The lowest BCUT2D eigenvalue weighted by Crippen LogP contribution is -2.34. The molecule has 0 aromatic carbocycles. The summed E-state index contributed by atoms with van der Waals surface area (Å²) in [6.45, 7) is 0.998. The molecule has 4 nitrogen and oxygen atoms in total. The fraction of sp³-hybridized carbons (Fsp3) is 0.889. The van der Waals surface area contributed by atoms with E-state index in [1.165, 1.54) is 7.11 Å². The highest BCUT2D eigenvalue weighted by Crippen LogP contribution is 2.01. The molecule has 0 heterocycles. The summed E-state index contributed by atoms with van der Waals surface area (Å²) in [4.78, 5) is 11.1. The van der Waals surface area contributed by atoms with Crippen molar-refractivity contribution < 1.29 is 9.53 Å². The molecular weight excluding hydrogens is 168 g/mol. The minimum absolute atomic E-state index is 0.151. The number of esters is 1. The first-order valence-corrected chi connectivity index (χ1v) is 4.66. The lowest BCUT2D eigenvalue weighted by Gasteiger charge is -2.12. The number of unbranched alkanes of at least 4 members (excludes halogenated alkanes) is 1. The Morgan fingerprint density at radius 3 is 2.54 bits per heavy atom. The van der Waals surface area contributed by atoms with Crippen LogP contribution >= 0.6 is 0 Å². The number of hydrogen-bond acceptors (Lipinski definition) is 4. The SMILES string of the molecule is CNCCCCC(NC)C(=O)OC. The Bertz CT molecular complexity index is 140. The molecule has 0 rings (SSSR count). The molecule has 4 heteroatoms. The fourth-order valence-electron chi connectivity index (χ4n) is 1.17. The molecule has 0 saturated heterocycles. The third-order valence-corrected chi connectivity index (χ3v) is 2.00. The zero-order valence-corrected chi connectivity index (χ0v) is 8.72. The molecule has 0 amide bonds. The topological polar surface area (TPSA) is 50.4 Å². The van der Waals surface area contributed by atoms with E-state index in [2.05, 4.69) is 15.4 Å². The summed E-state index contributed by atoms with van der Waals surface area (Å²) < 4.78 is 4.64. The van der Waals surface area contributed by atoms with Gasteiger partial charge < -0.3 is 15.4 Å². The van der Waals surface area contributed by atoms with Crippen LogP contribution in [0.5, 0.6) is 0 Å². The lowest BCUT2D eigenvalue weighted by molar-refractivity contribution is -0.143. The molecule has 0 aliphatic heterocycles. The van der Waals surface area contributed by atoms with Crippen molar-refractivity contribution >= 4 is 5.97 Å². The maximum absolute atomic E-state index is 11.1. The van der Waals surface area contributed by atoms with Gasteiger partial charge in [0.25, 0.3) is 0 Å². The van der Waals surface area contributed by atoms with E-state index in [9.17, 15) is 4.79 Å². The van der Waals surface area contributed by atoms with Gasteiger partial charge in [0, 0.05) is 0 Å². The van der Waals surface area contributed by atoms with Gasteiger partial charge in [0.2, 0.25) is 0 Å². The number of rotatable bonds is 7. The first kappa shape index (κ1) is 12.4. The van der Waals surface area contributed by atoms with Crippen molar-refractivity contribution in [1.29, 1.82) is 0 Å². The standard InChI is InChI=1S/C9H20N2O2/c1-10-7-5-4-6-8(11-2)9(12)13-3/h8,10-11H,4-7H2,1-3H3. The second-order valence-electron chi connectivity index (χ2n) is 2.96. The van der Waals surface area contributed by atoms with Crippen molar-refractivity contribution in [3.8, 4) is 0 Å². The van der Waals surface area contributed by atoms with Crippen LogP contribution in [0.4, 0.5) is 0 Å². The Labute approximate surface area is 80.0 Å². The van der Waals surface area contributed by atoms with Crippen LogP contribution in [0.1, 0.15) is 19.3 Å². The lowest BCUT2D eigenvalue weighted by atomic mass is 10.1. The Hall–Kier alpha value is -0.610. The quantitative estimate of drug-likeness (QED) is 0.441. The zero-order valence-electron chi connectivity index (χ0n) is 8.72. The summed E-state index contributed by atoms with van der Waals surface area (Å²) in [6.07, 6.45) is 2.96. The number of nitrogens with one attached hydrogen (secondary N) is 2. The van der Waals surface area contributed by atoms with Crippen LogP contribution in [-0.2, 0) is 9.53 Å². The van der Waals surface area contributed by atoms with Crippen LogP contribution in [-0.4, -0.2) is 39.8 Å². The van der Waals surface area contributed by atoms with Gasteiger partial charge in [-0.3, -0.25) is 4.79 Å². The minimum atomic E-state index is -0.174. The van der Waals surface area contributed by atoms with Gasteiger partial charge in [-0.15, -0.1) is 0 Å². The first-order chi connectivity index (χ1) is 6.26. The van der Waals surface area contributed by atoms with Crippen LogP contribution < -0.4 is 10.6 Å². The summed E-state index contributed by atoms with van der Waals surface area (Å²) in [5.41, 5.74) is 0. The van der Waals surface area contributed by atoms with Crippen LogP contribution in [0, 0.1) is 0 Å². The highest BCUT2D eigenvalue weighted by atomic mass is 16.5. The third-order valence-electron chi connectivity index (χ3n) is 2.00. The van der Waals surface area contributed by atoms with Crippen LogP contribution in [0.3, 0.4) is 0 Å². The summed E-state index contributed by atoms with van der Waals surface area (Å²) in [6, 6.07) is -0.151. The number of ether oxygens (including phenoxy) is 1. The molecule has 1 atom stereocenters. The maximum atomic E-state index is 11.1. The molecule has 13 heavy (non-hydrogen) atoms. The van der Waals surface area contributed by atoms with Crippen molar-refractivity contribution in [1.82, 2.24) is 10.6 Å². The van der Waals surface area contributed by atoms with Crippen LogP contribution in [0.2, 0.25) is 0 Å². The number of carbonyl (C=O) groups excluding carboxylic acids is 1. The van der Waals surface area contributed by atoms with E-state index in [1.807, 2.05) is 7.05 Å². The van der Waals surface area contributed by atoms with Crippen molar-refractivity contribution in [2.75, 3.05) is 27.7 Å². The number of carbonyl (C=O) groups is 1. The molecule has 0 aromatic rings. The highest BCUT2D eigenvalue weighted by molar-refractivity contribution is 5.75. The Morgan fingerprint density at radius 2 is 2.08 bits per heavy atom. The molecule has 0 fully saturated rings. The van der Waals surface area contributed by atoms with Crippen LogP contribution in [0.15, 0.2) is 0 Å². The molecule has 0 aromatic heterocycles. The minimum Gasteiger partial charge on any atom is -0.468 e. The monoisotopic (exact) mass is 188 g/mol. The van der Waals surface area contributed by atoms with Gasteiger partial charge in [0.05, 0.1) is 7.11 Å². The molecule has 0 aliphatic carbocycles. The summed E-state index contributed by atoms with van der Waals surface area (Å²) in [5, 5.41) is 6.00. The summed E-state index contributed by atoms with van der Waals surface area (Å²) >= 11 is 0. The second-order valence-corrected chi connectivity index (χ2v) is 2.96. The molecular formula is C9H20N2O2. The fourth-order valence-corrected chi connectivity index (χ4v) is 1.17. The average molecular weight is 188 g/mol. The first-order valence-electron chi connectivity index (χ1n) is 4.66. The van der Waals surface area contributed by atoms with Gasteiger partial charge in [-0.25, -0.2) is 0 Å². The van der Waals surface area contributed by atoms with Crippen molar-refractivity contribution in [3.63, 3.8) is 0 Å². The Balaban J connectivity index is 3.53. The molecule has 0 spiro atoms. The molecule has 0 saturated carbocycles. The van der Waals surface area contributed by atoms with Gasteiger partial charge in [0.15, 0.2) is 0 Å². The van der Waals surface area contributed by atoms with Gasteiger partial charge in [-0.05, 0) is 33.5 Å². The molecule has 2 N–H and O–H groups in total. The molecule has 0 aliphatic rings. The highest BCUT2D eigenvalue weighted by Gasteiger charge is 2.15. The molecule has 78 valence electrons. The van der Waals surface area contributed by atoms with Gasteiger partial charge >= 0.3 is 5.97 Å². The van der Waals surface area contributed by atoms with E-state index >= 15 is 0 Å². The zero-order chi connectivity index (χ0) is 10.1. The van der Waals surface area contributed by atoms with Crippen molar-refractivity contribution in [2.45, 2.75) is 25.3 Å². The summed E-state index contributed by atoms with van der Waals surface area (Å²) in [7, 11) is 5.12. The number of methoxy groups -OCH3 is 1. The van der Waals surface area contributed by atoms with E-state index in [-0.39, 0.29) is 12.0 Å². The van der Waals surface area contributed by atoms with E-state index in [1.54, 1.807) is 7.05 Å². The number of likely N-dealkylation sites (N-methyl/N-ethyl adjacent to an activating group) is 1. The smallest absolute Gasteiger partial charge is 0.322 e. The van der Waals surface area contributed by atoms with Crippen molar-refractivity contribution in [3.05, 3.63) is 0 Å². The molecule has 0 bridgehead atoms. The normalized spacial score (nSPS) is 12.5. The van der Waals surface area contributed by atoms with Gasteiger partial charge in [-0.2, -0.15) is 0 Å². The van der Waals surface area contributed by atoms with Crippen LogP contribution in [0.25, 0.3) is 0 Å². The summed E-state index contributed by atoms with van der Waals surface area (Å²) in [5.74, 6) is -0.174. The van der Waals surface area contributed by atoms with E-state index in [0.29, 0.717) is 0 Å². The van der Waals surface area contributed by atoms with Gasteiger partial charge in [-0.1, -0.05) is 6.42 Å². The largest absolute Gasteiger partial charge is 0.468 e. The average Bonchev–Trinajstić information content (AvgIpc) is 2.17. The predicted molar refractivity (Wildman–Crippen MR) is 52.6 cm³/mol. The Morgan fingerprint density at radius 1 is 1.38 bits per heavy atom. The third kappa shape index (κ3) is 5.60.